The average molecular weight is 437 g/mol. The number of fused-ring (bicyclic) bond motifs is 1. The highest BCUT2D eigenvalue weighted by Gasteiger charge is 2.14. The molecule has 1 aliphatic heterocycles. The molecule has 32 heavy (non-hydrogen) atoms. The largest absolute Gasteiger partial charge is 0.390 e. The van der Waals surface area contributed by atoms with Crippen molar-refractivity contribution in [2.45, 2.75) is 32.4 Å². The molecule has 1 aliphatic rings. The van der Waals surface area contributed by atoms with Crippen molar-refractivity contribution in [3.05, 3.63) is 54.2 Å². The fourth-order valence-electron chi connectivity index (χ4n) is 3.84. The van der Waals surface area contributed by atoms with Crippen LogP contribution in [0.4, 0.5) is 0 Å². The number of hydrogen-bond acceptors (Lipinski definition) is 5. The molecule has 1 amide bonds. The second kappa shape index (κ2) is 9.81. The number of aromatic nitrogens is 2. The first-order valence-electron chi connectivity index (χ1n) is 11.3. The summed E-state index contributed by atoms with van der Waals surface area (Å²) in [5.74, 6) is -0.0583. The van der Waals surface area contributed by atoms with Crippen LogP contribution in [-0.2, 0) is 11.3 Å². The molecule has 0 bridgehead atoms. The Morgan fingerprint density at radius 1 is 1.12 bits per heavy atom. The first-order chi connectivity index (χ1) is 15.4. The molecular weight excluding hydrogens is 404 g/mol. The SMILES string of the molecule is CC(C)(O)CCn1cc2ccc(-c3cccc(C(=O)NCCN4CCOCC4)c3)cc2n1. The molecule has 0 aliphatic carbocycles. The highest BCUT2D eigenvalue weighted by Crippen LogP contribution is 2.25. The van der Waals surface area contributed by atoms with Crippen molar-refractivity contribution in [2.24, 2.45) is 0 Å². The molecule has 2 N–H and O–H groups in total. The maximum absolute atomic E-state index is 12.6. The van der Waals surface area contributed by atoms with Gasteiger partial charge in [0.25, 0.3) is 5.91 Å². The van der Waals surface area contributed by atoms with Crippen LogP contribution in [0.1, 0.15) is 30.6 Å². The van der Waals surface area contributed by atoms with Gasteiger partial charge in [0.05, 0.1) is 24.3 Å². The second-order valence-corrected chi connectivity index (χ2v) is 9.02. The number of hydrogen-bond donors (Lipinski definition) is 2. The van der Waals surface area contributed by atoms with Crippen molar-refractivity contribution in [1.29, 1.82) is 0 Å². The molecule has 1 saturated heterocycles. The lowest BCUT2D eigenvalue weighted by Crippen LogP contribution is -2.41. The molecule has 7 nitrogen and oxygen atoms in total. The Bertz CT molecular complexity index is 1060. The van der Waals surface area contributed by atoms with E-state index in [9.17, 15) is 9.90 Å². The van der Waals surface area contributed by atoms with E-state index in [-0.39, 0.29) is 5.91 Å². The van der Waals surface area contributed by atoms with E-state index in [0.717, 1.165) is 54.9 Å². The van der Waals surface area contributed by atoms with Gasteiger partial charge in [-0.15, -0.1) is 0 Å². The lowest BCUT2D eigenvalue weighted by Gasteiger charge is -2.26. The highest BCUT2D eigenvalue weighted by atomic mass is 16.5. The average Bonchev–Trinajstić information content (AvgIpc) is 3.20. The minimum atomic E-state index is -0.716. The van der Waals surface area contributed by atoms with Crippen LogP contribution in [0, 0.1) is 0 Å². The standard InChI is InChI=1S/C25H32N4O3/c1-25(2,31)8-10-29-18-22-7-6-20(17-23(22)27-29)19-4-3-5-21(16-19)24(30)26-9-11-28-12-14-32-15-13-28/h3-7,16-18,31H,8-15H2,1-2H3,(H,26,30). The van der Waals surface area contributed by atoms with Crippen LogP contribution in [0.5, 0.6) is 0 Å². The van der Waals surface area contributed by atoms with Crippen molar-refractivity contribution in [3.63, 3.8) is 0 Å². The molecule has 2 heterocycles. The summed E-state index contributed by atoms with van der Waals surface area (Å²) in [7, 11) is 0. The maximum atomic E-state index is 12.6. The van der Waals surface area contributed by atoms with Crippen LogP contribution >= 0.6 is 0 Å². The fraction of sp³-hybridized carbons (Fsp3) is 0.440. The number of aliphatic hydroxyl groups is 1. The van der Waals surface area contributed by atoms with Crippen LogP contribution in [-0.4, -0.2) is 70.7 Å². The van der Waals surface area contributed by atoms with Gasteiger partial charge >= 0.3 is 0 Å². The summed E-state index contributed by atoms with van der Waals surface area (Å²) >= 11 is 0. The number of ether oxygens (including phenoxy) is 1. The van der Waals surface area contributed by atoms with Crippen molar-refractivity contribution in [2.75, 3.05) is 39.4 Å². The second-order valence-electron chi connectivity index (χ2n) is 9.02. The fourth-order valence-corrected chi connectivity index (χ4v) is 3.84. The van der Waals surface area contributed by atoms with Gasteiger partial charge in [0.15, 0.2) is 0 Å². The van der Waals surface area contributed by atoms with Gasteiger partial charge < -0.3 is 15.2 Å². The van der Waals surface area contributed by atoms with Crippen molar-refractivity contribution >= 4 is 16.8 Å². The zero-order valence-electron chi connectivity index (χ0n) is 18.9. The number of carbonyl (C=O) groups is 1. The van der Waals surface area contributed by atoms with Gasteiger partial charge in [-0.1, -0.05) is 24.3 Å². The Balaban J connectivity index is 1.42. The molecule has 0 saturated carbocycles. The van der Waals surface area contributed by atoms with Crippen LogP contribution in [0.15, 0.2) is 48.7 Å². The first-order valence-corrected chi connectivity index (χ1v) is 11.3. The topological polar surface area (TPSA) is 79.6 Å². The molecular formula is C25H32N4O3. The summed E-state index contributed by atoms with van der Waals surface area (Å²) < 4.78 is 7.24. The number of morpholine rings is 1. The van der Waals surface area contributed by atoms with Crippen LogP contribution < -0.4 is 5.32 Å². The van der Waals surface area contributed by atoms with Crippen molar-refractivity contribution in [1.82, 2.24) is 20.0 Å². The predicted octanol–water partition coefficient (Wildman–Crippen LogP) is 2.93. The van der Waals surface area contributed by atoms with Crippen LogP contribution in [0.3, 0.4) is 0 Å². The zero-order valence-corrected chi connectivity index (χ0v) is 18.9. The Hall–Kier alpha value is -2.74. The van der Waals surface area contributed by atoms with Gasteiger partial charge in [-0.2, -0.15) is 5.10 Å². The first kappa shape index (κ1) is 22.5. The molecule has 3 aromatic rings. The van der Waals surface area contributed by atoms with E-state index in [1.165, 1.54) is 0 Å². The molecule has 0 atom stereocenters. The summed E-state index contributed by atoms with van der Waals surface area (Å²) in [6.45, 7) is 9.09. The third kappa shape index (κ3) is 5.94. The van der Waals surface area contributed by atoms with Crippen LogP contribution in [0.2, 0.25) is 0 Å². The Kier molecular flexibility index (Phi) is 6.89. The minimum absolute atomic E-state index is 0.0583. The lowest BCUT2D eigenvalue weighted by atomic mass is 10.0. The quantitative estimate of drug-likeness (QED) is 0.568. The third-order valence-corrected chi connectivity index (χ3v) is 5.78. The molecule has 4 rings (SSSR count). The Morgan fingerprint density at radius 2 is 1.91 bits per heavy atom. The van der Waals surface area contributed by atoms with Gasteiger partial charge in [0.2, 0.25) is 0 Å². The normalized spacial score (nSPS) is 15.2. The van der Waals surface area contributed by atoms with Gasteiger partial charge in [-0.05, 0) is 49.6 Å². The monoisotopic (exact) mass is 436 g/mol. The number of rotatable bonds is 8. The number of aryl methyl sites for hydroxylation is 1. The molecule has 7 heteroatoms. The molecule has 0 radical (unpaired) electrons. The Morgan fingerprint density at radius 3 is 2.69 bits per heavy atom. The maximum Gasteiger partial charge on any atom is 0.251 e. The van der Waals surface area contributed by atoms with E-state index >= 15 is 0 Å². The summed E-state index contributed by atoms with van der Waals surface area (Å²) in [6, 6.07) is 13.8. The third-order valence-electron chi connectivity index (χ3n) is 5.78. The zero-order chi connectivity index (χ0) is 22.6. The Labute approximate surface area is 189 Å². The van der Waals surface area contributed by atoms with Crippen molar-refractivity contribution in [3.8, 4) is 11.1 Å². The molecule has 2 aromatic carbocycles. The minimum Gasteiger partial charge on any atom is -0.390 e. The van der Waals surface area contributed by atoms with E-state index in [1.807, 2.05) is 47.3 Å². The van der Waals surface area contributed by atoms with E-state index in [2.05, 4.69) is 21.4 Å². The predicted molar refractivity (Wildman–Crippen MR) is 126 cm³/mol. The van der Waals surface area contributed by atoms with Gasteiger partial charge in [0.1, 0.15) is 0 Å². The molecule has 1 aromatic heterocycles. The number of nitrogens with one attached hydrogen (secondary N) is 1. The van der Waals surface area contributed by atoms with E-state index < -0.39 is 5.60 Å². The van der Waals surface area contributed by atoms with Gasteiger partial charge in [0, 0.05) is 49.9 Å². The number of carbonyl (C=O) groups excluding carboxylic acids is 1. The smallest absolute Gasteiger partial charge is 0.251 e. The molecule has 170 valence electrons. The summed E-state index contributed by atoms with van der Waals surface area (Å²) in [6.07, 6.45) is 2.64. The summed E-state index contributed by atoms with van der Waals surface area (Å²) in [4.78, 5) is 14.9. The number of benzene rings is 2. The van der Waals surface area contributed by atoms with Crippen molar-refractivity contribution < 1.29 is 14.6 Å². The molecule has 0 spiro atoms. The van der Waals surface area contributed by atoms with E-state index in [0.29, 0.717) is 25.1 Å². The highest BCUT2D eigenvalue weighted by molar-refractivity contribution is 5.95. The number of nitrogens with zero attached hydrogens (tertiary/aromatic N) is 3. The molecule has 0 unspecified atom stereocenters. The van der Waals surface area contributed by atoms with E-state index in [4.69, 9.17) is 4.74 Å². The van der Waals surface area contributed by atoms with Gasteiger partial charge in [-0.25, -0.2) is 0 Å². The summed E-state index contributed by atoms with van der Waals surface area (Å²) in [5.41, 5.74) is 2.85. The lowest BCUT2D eigenvalue weighted by molar-refractivity contribution is 0.0383. The van der Waals surface area contributed by atoms with Crippen LogP contribution in [0.25, 0.3) is 22.0 Å². The summed E-state index contributed by atoms with van der Waals surface area (Å²) in [5, 5.41) is 18.7. The van der Waals surface area contributed by atoms with E-state index in [1.54, 1.807) is 13.8 Å². The molecule has 1 fully saturated rings. The number of amides is 1. The van der Waals surface area contributed by atoms with Gasteiger partial charge in [-0.3, -0.25) is 14.4 Å².